The molecule has 2 amide bonds. The molecule has 0 bridgehead atoms. The molecule has 4 heterocycles. The summed E-state index contributed by atoms with van der Waals surface area (Å²) >= 11 is 11.6. The Morgan fingerprint density at radius 1 is 0.789 bits per heavy atom. The third kappa shape index (κ3) is 19.6. The summed E-state index contributed by atoms with van der Waals surface area (Å²) in [6.07, 6.45) is 1.31. The molecule has 0 radical (unpaired) electrons. The molecule has 6 rings (SSSR count). The van der Waals surface area contributed by atoms with E-state index < -0.39 is 42.0 Å². The number of carbonyl (C=O) groups is 2. The molecule has 2 fully saturated rings. The molecule has 18 N–H and O–H groups in total. The van der Waals surface area contributed by atoms with Gasteiger partial charge in [0.2, 0.25) is 0 Å². The first kappa shape index (κ1) is 60.4. The van der Waals surface area contributed by atoms with Gasteiger partial charge in [-0.05, 0) is 94.7 Å². The average Bonchev–Trinajstić information content (AvgIpc) is 3.71. The lowest BCUT2D eigenvalue weighted by Gasteiger charge is -2.32. The molecule has 4 aromatic rings. The predicted octanol–water partition coefficient (Wildman–Crippen LogP) is 1.07. The van der Waals surface area contributed by atoms with E-state index in [1.807, 2.05) is 49.4 Å². The van der Waals surface area contributed by atoms with Gasteiger partial charge >= 0.3 is 0 Å². The van der Waals surface area contributed by atoms with Gasteiger partial charge in [-0.1, -0.05) is 47.5 Å². The van der Waals surface area contributed by atoms with E-state index in [0.29, 0.717) is 45.0 Å². The highest BCUT2D eigenvalue weighted by Gasteiger charge is 2.44. The number of aromatic nitrogens is 4. The zero-order valence-electron chi connectivity index (χ0n) is 42.5. The number of halogens is 2. The second-order valence-electron chi connectivity index (χ2n) is 17.8. The highest BCUT2D eigenvalue weighted by Crippen LogP contribution is 2.30. The Bertz CT molecular complexity index is 2590. The number of aliphatic imine (C=N–C) groups is 2. The number of carbonyl (C=O) groups excluding carboxylic acids is 2. The van der Waals surface area contributed by atoms with Gasteiger partial charge in [-0.3, -0.25) is 30.2 Å². The lowest BCUT2D eigenvalue weighted by atomic mass is 10.1. The van der Waals surface area contributed by atoms with E-state index in [1.54, 1.807) is 19.9 Å². The lowest BCUT2D eigenvalue weighted by molar-refractivity contribution is -0.242. The summed E-state index contributed by atoms with van der Waals surface area (Å²) in [6, 6.07) is 15.5. The normalized spacial score (nSPS) is 19.8. The maximum atomic E-state index is 12.3. The van der Waals surface area contributed by atoms with E-state index in [9.17, 15) is 24.9 Å². The first-order valence-electron chi connectivity index (χ1n) is 24.3. The highest BCUT2D eigenvalue weighted by atomic mass is 35.5. The minimum Gasteiger partial charge on any atom is -0.492 e. The largest absolute Gasteiger partial charge is 0.492 e. The molecule has 2 aliphatic rings. The number of guanidine groups is 2. The number of amides is 2. The molecule has 0 saturated carbocycles. The Kier molecular flexibility index (Phi) is 23.6. The number of nitrogen functional groups attached to an aromatic ring is 4. The Morgan fingerprint density at radius 3 is 1.95 bits per heavy atom. The molecular weight excluding hydrogens is 1030 g/mol. The molecular formula is C48H69Cl2N15O11. The van der Waals surface area contributed by atoms with Crippen molar-refractivity contribution in [3.8, 4) is 11.5 Å². The average molecular weight is 1100 g/mol. The fraction of sp³-hybridized carbons (Fsp3) is 0.500. The van der Waals surface area contributed by atoms with Crippen LogP contribution in [-0.2, 0) is 31.8 Å². The monoisotopic (exact) mass is 1100 g/mol. The summed E-state index contributed by atoms with van der Waals surface area (Å²) in [5.41, 5.74) is 35.7. The van der Waals surface area contributed by atoms with Crippen LogP contribution in [0.25, 0.3) is 0 Å². The molecule has 0 spiro atoms. The second-order valence-corrected chi connectivity index (χ2v) is 18.5. The van der Waals surface area contributed by atoms with E-state index in [2.05, 4.69) is 45.9 Å². The van der Waals surface area contributed by atoms with E-state index in [-0.39, 0.29) is 89.1 Å². The fourth-order valence-corrected chi connectivity index (χ4v) is 7.72. The predicted molar refractivity (Wildman–Crippen MR) is 285 cm³/mol. The number of anilines is 4. The van der Waals surface area contributed by atoms with Gasteiger partial charge < -0.3 is 83.5 Å². The van der Waals surface area contributed by atoms with Gasteiger partial charge in [0.15, 0.2) is 69.0 Å². The maximum absolute atomic E-state index is 12.3. The zero-order valence-corrected chi connectivity index (χ0v) is 44.0. The minimum absolute atomic E-state index is 0.0103. The topological polar surface area (TPSA) is 419 Å². The Hall–Kier alpha value is -6.46. The molecule has 416 valence electrons. The van der Waals surface area contributed by atoms with Gasteiger partial charge in [0.25, 0.3) is 11.8 Å². The number of nitrogens with two attached hydrogens (primary N) is 6. The van der Waals surface area contributed by atoms with Crippen molar-refractivity contribution in [3.05, 3.63) is 81.4 Å². The number of aliphatic hydroxyl groups is 3. The zero-order chi connectivity index (χ0) is 55.4. The van der Waals surface area contributed by atoms with Crippen molar-refractivity contribution in [1.29, 1.82) is 0 Å². The van der Waals surface area contributed by atoms with Crippen molar-refractivity contribution in [2.24, 2.45) is 21.5 Å². The molecule has 2 aromatic heterocycles. The number of benzene rings is 2. The maximum Gasteiger partial charge on any atom is 0.280 e. The summed E-state index contributed by atoms with van der Waals surface area (Å²) < 4.78 is 33.6. The van der Waals surface area contributed by atoms with Crippen LogP contribution in [0.3, 0.4) is 0 Å². The van der Waals surface area contributed by atoms with Crippen LogP contribution >= 0.6 is 23.2 Å². The minimum atomic E-state index is -0.970. The standard InChI is InChI=1S/C24H35ClN8O5.C24H34ClN7O6/c1-14-37-13-17(34)18(38-14)12-29-10-11-36-16-7-5-15(6-8-16)4-2-3-9-30-24(28)33-23(35)19-21(26)32-22(27)20(25)31-19;1-24(2)37-16(11-33)18(38-24)15(34)12-36-14-8-5-7-13(10-14)6-3-4-9-29-23(28)32-22(35)17-20(26)31-21(27)19(25)30-17/h5-8,14,17-18,29,34H,2-4,9-13H2,1H3,(H4,26,27,32)(H3,28,30,33,35);5,7-8,10,15-16,18,33-34H,3-4,6,9,11-12H2,1-2H3,(H4,26,27,31)(H3,28,29,32,35)/t14-,17-,18+;15-,16?,18-/m11/s1. The van der Waals surface area contributed by atoms with Crippen LogP contribution in [0.4, 0.5) is 23.3 Å². The molecule has 2 saturated heterocycles. The van der Waals surface area contributed by atoms with Crippen LogP contribution in [0.5, 0.6) is 11.5 Å². The Labute approximate surface area is 449 Å². The van der Waals surface area contributed by atoms with Crippen molar-refractivity contribution in [2.45, 2.75) is 102 Å². The van der Waals surface area contributed by atoms with Gasteiger partial charge in [-0.2, -0.15) is 0 Å². The number of rotatable bonds is 23. The van der Waals surface area contributed by atoms with Crippen molar-refractivity contribution < 1.29 is 53.3 Å². The van der Waals surface area contributed by atoms with Crippen LogP contribution < -0.4 is 59.8 Å². The second kappa shape index (κ2) is 29.7. The van der Waals surface area contributed by atoms with E-state index >= 15 is 0 Å². The van der Waals surface area contributed by atoms with Gasteiger partial charge in [-0.25, -0.2) is 19.9 Å². The van der Waals surface area contributed by atoms with Crippen molar-refractivity contribution >= 4 is 70.2 Å². The number of unbranched alkanes of at least 4 members (excludes halogenated alkanes) is 2. The SMILES string of the molecule is CC1(C)OC(CO)[C@@H]([C@H](O)COc2cccc(CCCCN=C(N)NC(=O)c3nc(Cl)c(N)nc3N)c2)O1.C[C@@H]1OC[C@@H](O)[C@H](CNCCOc2ccc(CCCCN=C(N)NC(=O)c3nc(Cl)c(N)nc3N)cc2)O1. The van der Waals surface area contributed by atoms with Gasteiger partial charge in [0, 0.05) is 26.2 Å². The molecule has 28 heteroatoms. The quantitative estimate of drug-likeness (QED) is 0.0281. The van der Waals surface area contributed by atoms with E-state index in [4.69, 9.17) is 86.0 Å². The summed E-state index contributed by atoms with van der Waals surface area (Å²) in [6.45, 7) is 7.76. The lowest BCUT2D eigenvalue weighted by Crippen LogP contribution is -2.48. The van der Waals surface area contributed by atoms with Crippen LogP contribution in [0.15, 0.2) is 58.5 Å². The first-order valence-corrected chi connectivity index (χ1v) is 25.1. The molecule has 2 aromatic carbocycles. The summed E-state index contributed by atoms with van der Waals surface area (Å²) in [7, 11) is 0. The van der Waals surface area contributed by atoms with Crippen LogP contribution in [0, 0.1) is 0 Å². The molecule has 76 heavy (non-hydrogen) atoms. The fourth-order valence-electron chi connectivity index (χ4n) is 7.47. The number of nitrogens with zero attached hydrogens (tertiary/aromatic N) is 6. The van der Waals surface area contributed by atoms with Crippen molar-refractivity contribution in [1.82, 2.24) is 35.9 Å². The van der Waals surface area contributed by atoms with Crippen LogP contribution in [-0.4, -0.2) is 154 Å². The van der Waals surface area contributed by atoms with Gasteiger partial charge in [0.05, 0.1) is 13.2 Å². The first-order chi connectivity index (χ1) is 36.2. The van der Waals surface area contributed by atoms with Crippen molar-refractivity contribution in [3.63, 3.8) is 0 Å². The summed E-state index contributed by atoms with van der Waals surface area (Å²) in [4.78, 5) is 48.0. The van der Waals surface area contributed by atoms with Gasteiger partial charge in [-0.15, -0.1) is 0 Å². The third-order valence-electron chi connectivity index (χ3n) is 11.2. The number of nitrogens with one attached hydrogen (secondary N) is 3. The molecule has 0 aliphatic carbocycles. The summed E-state index contributed by atoms with van der Waals surface area (Å²) in [5.74, 6) is -1.44. The molecule has 2 aliphatic heterocycles. The van der Waals surface area contributed by atoms with E-state index in [0.717, 1.165) is 43.4 Å². The number of aliphatic hydroxyl groups excluding tert-OH is 3. The van der Waals surface area contributed by atoms with Crippen LogP contribution in [0.2, 0.25) is 10.3 Å². The summed E-state index contributed by atoms with van der Waals surface area (Å²) in [5, 5.41) is 37.7. The van der Waals surface area contributed by atoms with Crippen molar-refractivity contribution in [2.75, 3.05) is 75.5 Å². The highest BCUT2D eigenvalue weighted by molar-refractivity contribution is 6.32. The molecule has 6 atom stereocenters. The smallest absolute Gasteiger partial charge is 0.280 e. The number of hydrogen-bond acceptors (Lipinski definition) is 22. The Morgan fingerprint density at radius 2 is 1.37 bits per heavy atom. The molecule has 26 nitrogen and oxygen atoms in total. The number of ether oxygens (including phenoxy) is 6. The number of hydrogen-bond donors (Lipinski definition) is 12. The van der Waals surface area contributed by atoms with Gasteiger partial charge in [0.1, 0.15) is 55.2 Å². The molecule has 1 unspecified atom stereocenters. The van der Waals surface area contributed by atoms with E-state index in [1.165, 1.54) is 5.56 Å². The Balaban J connectivity index is 0.000000281. The third-order valence-corrected chi connectivity index (χ3v) is 11.8. The number of aryl methyl sites for hydroxylation is 2. The van der Waals surface area contributed by atoms with Crippen LogP contribution in [0.1, 0.15) is 78.6 Å².